The largest absolute Gasteiger partial charge is 0.496 e. The van der Waals surface area contributed by atoms with Gasteiger partial charge in [0.05, 0.1) is 25.5 Å². The van der Waals surface area contributed by atoms with Crippen molar-refractivity contribution in [3.63, 3.8) is 0 Å². The van der Waals surface area contributed by atoms with Crippen molar-refractivity contribution >= 4 is 34.4 Å². The molecule has 0 spiro atoms. The minimum absolute atomic E-state index is 0.497. The van der Waals surface area contributed by atoms with Crippen LogP contribution in [-0.2, 0) is 0 Å². The molecule has 3 aromatic heterocycles. The second-order valence-electron chi connectivity index (χ2n) is 5.71. The molecular formula is C20H16ClN3O2S. The van der Waals surface area contributed by atoms with Crippen LogP contribution in [0.25, 0.3) is 22.3 Å². The molecule has 1 N–H and O–H groups in total. The van der Waals surface area contributed by atoms with Gasteiger partial charge >= 0.3 is 0 Å². The van der Waals surface area contributed by atoms with Crippen LogP contribution in [0.5, 0.6) is 11.6 Å². The molecule has 27 heavy (non-hydrogen) atoms. The number of aromatic nitrogens is 3. The molecule has 136 valence electrons. The predicted molar refractivity (Wildman–Crippen MR) is 108 cm³/mol. The van der Waals surface area contributed by atoms with Gasteiger partial charge in [0.1, 0.15) is 11.4 Å². The van der Waals surface area contributed by atoms with E-state index in [-0.39, 0.29) is 0 Å². The number of ether oxygens (including phenoxy) is 2. The van der Waals surface area contributed by atoms with Gasteiger partial charge in [0.15, 0.2) is 0 Å². The highest BCUT2D eigenvalue weighted by Crippen LogP contribution is 2.43. The number of rotatable bonds is 5. The Labute approximate surface area is 165 Å². The third-order valence-electron chi connectivity index (χ3n) is 4.10. The van der Waals surface area contributed by atoms with E-state index >= 15 is 0 Å². The minimum atomic E-state index is 0.497. The highest BCUT2D eigenvalue weighted by atomic mass is 35.5. The van der Waals surface area contributed by atoms with Crippen LogP contribution in [0.4, 0.5) is 0 Å². The summed E-state index contributed by atoms with van der Waals surface area (Å²) in [5.74, 6) is 1.17. The van der Waals surface area contributed by atoms with Gasteiger partial charge in [-0.15, -0.1) is 0 Å². The van der Waals surface area contributed by atoms with Crippen LogP contribution in [0, 0.1) is 0 Å². The number of nitrogens with one attached hydrogen (secondary N) is 1. The summed E-state index contributed by atoms with van der Waals surface area (Å²) in [5.41, 5.74) is 2.55. The maximum absolute atomic E-state index is 6.02. The summed E-state index contributed by atoms with van der Waals surface area (Å²) < 4.78 is 10.8. The first kappa shape index (κ1) is 17.7. The first-order valence-electron chi connectivity index (χ1n) is 8.18. The molecule has 0 radical (unpaired) electrons. The maximum Gasteiger partial charge on any atom is 0.216 e. The van der Waals surface area contributed by atoms with Crippen LogP contribution in [0.3, 0.4) is 0 Å². The van der Waals surface area contributed by atoms with Crippen LogP contribution in [0.2, 0.25) is 5.02 Å². The molecule has 0 atom stereocenters. The van der Waals surface area contributed by atoms with Crippen molar-refractivity contribution in [3.05, 3.63) is 59.9 Å². The Kier molecular flexibility index (Phi) is 4.92. The predicted octanol–water partition coefficient (Wildman–Crippen LogP) is 5.45. The number of hydrogen-bond acceptors (Lipinski definition) is 5. The molecular weight excluding hydrogens is 382 g/mol. The molecule has 0 amide bonds. The number of aromatic amines is 1. The molecule has 3 heterocycles. The fourth-order valence-electron chi connectivity index (χ4n) is 2.80. The van der Waals surface area contributed by atoms with Gasteiger partial charge in [-0.25, -0.2) is 9.97 Å². The van der Waals surface area contributed by atoms with Crippen LogP contribution >= 0.6 is 23.4 Å². The first-order valence-corrected chi connectivity index (χ1v) is 9.37. The van der Waals surface area contributed by atoms with E-state index in [0.29, 0.717) is 16.7 Å². The zero-order valence-electron chi connectivity index (χ0n) is 14.7. The minimum Gasteiger partial charge on any atom is -0.496 e. The van der Waals surface area contributed by atoms with E-state index in [2.05, 4.69) is 15.0 Å². The maximum atomic E-state index is 6.02. The highest BCUT2D eigenvalue weighted by Gasteiger charge is 2.19. The molecule has 0 aliphatic rings. The van der Waals surface area contributed by atoms with Crippen LogP contribution in [-0.4, -0.2) is 29.2 Å². The van der Waals surface area contributed by atoms with Gasteiger partial charge in [-0.2, -0.15) is 0 Å². The number of benzene rings is 1. The zero-order valence-corrected chi connectivity index (χ0v) is 16.3. The van der Waals surface area contributed by atoms with Gasteiger partial charge in [-0.3, -0.25) is 0 Å². The fourth-order valence-corrected chi connectivity index (χ4v) is 3.97. The zero-order chi connectivity index (χ0) is 18.8. The molecule has 0 saturated heterocycles. The van der Waals surface area contributed by atoms with E-state index in [4.69, 9.17) is 21.1 Å². The molecule has 0 saturated carbocycles. The smallest absolute Gasteiger partial charge is 0.216 e. The van der Waals surface area contributed by atoms with Crippen molar-refractivity contribution in [3.8, 4) is 22.9 Å². The standard InChI is InChI=1S/C20H16ClN3O2S/c1-25-16-10-17(26-2)23-11-15(16)18-19(14-4-3-9-22-20(14)24-18)27-13-7-5-12(21)6-8-13/h3-11H,1-2H3,(H,22,24). The monoisotopic (exact) mass is 397 g/mol. The average Bonchev–Trinajstić information content (AvgIpc) is 3.07. The van der Waals surface area contributed by atoms with E-state index in [1.54, 1.807) is 44.4 Å². The number of fused-ring (bicyclic) bond motifs is 1. The summed E-state index contributed by atoms with van der Waals surface area (Å²) >= 11 is 7.66. The van der Waals surface area contributed by atoms with E-state index in [0.717, 1.165) is 32.1 Å². The molecule has 0 fully saturated rings. The Morgan fingerprint density at radius 3 is 2.59 bits per heavy atom. The van der Waals surface area contributed by atoms with Crippen LogP contribution < -0.4 is 9.47 Å². The molecule has 0 unspecified atom stereocenters. The van der Waals surface area contributed by atoms with Crippen molar-refractivity contribution < 1.29 is 9.47 Å². The number of pyridine rings is 2. The molecule has 4 rings (SSSR count). The Bertz CT molecular complexity index is 1100. The topological polar surface area (TPSA) is 60.0 Å². The van der Waals surface area contributed by atoms with E-state index in [9.17, 15) is 0 Å². The van der Waals surface area contributed by atoms with Gasteiger partial charge in [-0.1, -0.05) is 23.4 Å². The lowest BCUT2D eigenvalue weighted by molar-refractivity contribution is 0.383. The summed E-state index contributed by atoms with van der Waals surface area (Å²) in [6.45, 7) is 0. The van der Waals surface area contributed by atoms with Crippen molar-refractivity contribution in [1.82, 2.24) is 15.0 Å². The summed E-state index contributed by atoms with van der Waals surface area (Å²) in [7, 11) is 3.21. The van der Waals surface area contributed by atoms with Gasteiger partial charge < -0.3 is 14.5 Å². The van der Waals surface area contributed by atoms with Crippen molar-refractivity contribution in [1.29, 1.82) is 0 Å². The molecule has 0 bridgehead atoms. The van der Waals surface area contributed by atoms with Gasteiger partial charge in [0.2, 0.25) is 5.88 Å². The number of halogens is 1. The molecule has 4 aromatic rings. The highest BCUT2D eigenvalue weighted by molar-refractivity contribution is 7.99. The molecule has 5 nitrogen and oxygen atoms in total. The summed E-state index contributed by atoms with van der Waals surface area (Å²) in [6.07, 6.45) is 3.51. The lowest BCUT2D eigenvalue weighted by Gasteiger charge is -2.10. The Hall–Kier alpha value is -2.70. The van der Waals surface area contributed by atoms with Gasteiger partial charge in [0, 0.05) is 38.7 Å². The Balaban J connectivity index is 1.89. The van der Waals surface area contributed by atoms with Crippen molar-refractivity contribution in [2.75, 3.05) is 14.2 Å². The molecule has 0 aliphatic carbocycles. The number of hydrogen-bond donors (Lipinski definition) is 1. The van der Waals surface area contributed by atoms with Crippen molar-refractivity contribution in [2.45, 2.75) is 9.79 Å². The number of H-pyrrole nitrogens is 1. The van der Waals surface area contributed by atoms with Crippen LogP contribution in [0.1, 0.15) is 0 Å². The Morgan fingerprint density at radius 1 is 1.04 bits per heavy atom. The van der Waals surface area contributed by atoms with Gasteiger partial charge in [0.25, 0.3) is 0 Å². The lowest BCUT2D eigenvalue weighted by Crippen LogP contribution is -1.94. The quantitative estimate of drug-likeness (QED) is 0.485. The number of methoxy groups -OCH3 is 2. The van der Waals surface area contributed by atoms with Gasteiger partial charge in [-0.05, 0) is 36.4 Å². The number of nitrogens with zero attached hydrogens (tertiary/aromatic N) is 2. The third kappa shape index (κ3) is 3.46. The van der Waals surface area contributed by atoms with Crippen molar-refractivity contribution in [2.24, 2.45) is 0 Å². The molecule has 7 heteroatoms. The lowest BCUT2D eigenvalue weighted by atomic mass is 10.2. The van der Waals surface area contributed by atoms with E-state index in [1.165, 1.54) is 0 Å². The molecule has 1 aromatic carbocycles. The van der Waals surface area contributed by atoms with Crippen LogP contribution in [0.15, 0.2) is 64.6 Å². The second-order valence-corrected chi connectivity index (χ2v) is 7.23. The second kappa shape index (κ2) is 7.50. The van der Waals surface area contributed by atoms with E-state index < -0.39 is 0 Å². The summed E-state index contributed by atoms with van der Waals surface area (Å²) in [4.78, 5) is 14.3. The summed E-state index contributed by atoms with van der Waals surface area (Å²) in [5, 5.41) is 1.74. The normalized spacial score (nSPS) is 10.9. The summed E-state index contributed by atoms with van der Waals surface area (Å²) in [6, 6.07) is 13.5. The third-order valence-corrected chi connectivity index (χ3v) is 5.48. The first-order chi connectivity index (χ1) is 13.2. The molecule has 0 aliphatic heterocycles. The average molecular weight is 398 g/mol. The Morgan fingerprint density at radius 2 is 1.85 bits per heavy atom. The fraction of sp³-hybridized carbons (Fsp3) is 0.100. The SMILES string of the molecule is COc1cc(OC)c(-c2[nH]c3ncccc3c2Sc2ccc(Cl)cc2)cn1. The van der Waals surface area contributed by atoms with E-state index in [1.807, 2.05) is 36.4 Å².